The fourth-order valence-electron chi connectivity index (χ4n) is 4.12. The van der Waals surface area contributed by atoms with Crippen molar-refractivity contribution >= 4 is 29.9 Å². The predicted octanol–water partition coefficient (Wildman–Crippen LogP) is 3.60. The summed E-state index contributed by atoms with van der Waals surface area (Å²) in [5.41, 5.74) is 1.39. The number of aliphatic imine (C=N–C) groups is 1. The van der Waals surface area contributed by atoms with Crippen LogP contribution < -0.4 is 10.6 Å². The van der Waals surface area contributed by atoms with Crippen molar-refractivity contribution in [2.75, 3.05) is 39.8 Å². The lowest BCUT2D eigenvalue weighted by Crippen LogP contribution is -2.52. The highest BCUT2D eigenvalue weighted by atomic mass is 127. The van der Waals surface area contributed by atoms with Crippen molar-refractivity contribution in [1.82, 2.24) is 20.4 Å². The van der Waals surface area contributed by atoms with E-state index in [0.717, 1.165) is 32.0 Å². The van der Waals surface area contributed by atoms with E-state index in [0.29, 0.717) is 18.1 Å². The van der Waals surface area contributed by atoms with Gasteiger partial charge in [-0.05, 0) is 51.8 Å². The highest BCUT2D eigenvalue weighted by molar-refractivity contribution is 14.0. The number of nitrogens with zero attached hydrogens (tertiary/aromatic N) is 3. The lowest BCUT2D eigenvalue weighted by Gasteiger charge is -2.36. The molecule has 0 amide bonds. The Bertz CT molecular complexity index is 566. The Balaban J connectivity index is 0.00000420. The van der Waals surface area contributed by atoms with Gasteiger partial charge >= 0.3 is 0 Å². The molecule has 2 N–H and O–H groups in total. The van der Waals surface area contributed by atoms with Crippen molar-refractivity contribution in [3.63, 3.8) is 0 Å². The molecule has 1 unspecified atom stereocenters. The van der Waals surface area contributed by atoms with Crippen LogP contribution in [0.15, 0.2) is 35.3 Å². The summed E-state index contributed by atoms with van der Waals surface area (Å²) in [5.74, 6) is 0.938. The Hall–Kier alpha value is -0.860. The summed E-state index contributed by atoms with van der Waals surface area (Å²) in [7, 11) is 1.88. The van der Waals surface area contributed by atoms with Crippen molar-refractivity contribution in [2.45, 2.75) is 65.1 Å². The number of guanidine groups is 1. The van der Waals surface area contributed by atoms with Gasteiger partial charge in [0.1, 0.15) is 0 Å². The topological polar surface area (TPSA) is 42.9 Å². The lowest BCUT2D eigenvalue weighted by atomic mass is 10.0. The third kappa shape index (κ3) is 8.80. The van der Waals surface area contributed by atoms with E-state index in [1.54, 1.807) is 0 Å². The molecule has 0 radical (unpaired) electrons. The van der Waals surface area contributed by atoms with E-state index in [2.05, 4.69) is 83.5 Å². The highest BCUT2D eigenvalue weighted by Gasteiger charge is 2.22. The summed E-state index contributed by atoms with van der Waals surface area (Å²) in [6.07, 6.45) is 3.42. The summed E-state index contributed by atoms with van der Waals surface area (Å²) in [6.45, 7) is 14.4. The molecule has 1 fully saturated rings. The molecule has 0 aromatic heterocycles. The average molecular weight is 516 g/mol. The Kier molecular flexibility index (Phi) is 12.8. The summed E-state index contributed by atoms with van der Waals surface area (Å²) in [6, 6.07) is 12.4. The monoisotopic (exact) mass is 515 g/mol. The quantitative estimate of drug-likeness (QED) is 0.300. The summed E-state index contributed by atoms with van der Waals surface area (Å²) < 4.78 is 0. The molecule has 166 valence electrons. The second kappa shape index (κ2) is 14.2. The van der Waals surface area contributed by atoms with Crippen LogP contribution in [0.1, 0.15) is 46.1 Å². The van der Waals surface area contributed by atoms with Crippen molar-refractivity contribution in [2.24, 2.45) is 4.99 Å². The van der Waals surface area contributed by atoms with Gasteiger partial charge in [-0.2, -0.15) is 0 Å². The van der Waals surface area contributed by atoms with Crippen LogP contribution in [0.3, 0.4) is 0 Å². The molecule has 1 aromatic rings. The molecule has 0 spiro atoms. The number of likely N-dealkylation sites (tertiary alicyclic amines) is 1. The largest absolute Gasteiger partial charge is 0.355 e. The zero-order valence-electron chi connectivity index (χ0n) is 19.0. The molecule has 0 aliphatic carbocycles. The molecule has 1 aromatic carbocycles. The fraction of sp³-hybridized carbons (Fsp3) is 0.696. The number of hydrogen-bond acceptors (Lipinski definition) is 3. The van der Waals surface area contributed by atoms with E-state index in [1.165, 1.54) is 31.5 Å². The van der Waals surface area contributed by atoms with Gasteiger partial charge in [0, 0.05) is 44.8 Å². The first-order chi connectivity index (χ1) is 13.6. The SMILES string of the molecule is CCN(CC)C(CNC(=NC)NC1CCN(C(C)C)CC1)Cc1ccccc1.I. The van der Waals surface area contributed by atoms with Crippen molar-refractivity contribution in [1.29, 1.82) is 0 Å². The van der Waals surface area contributed by atoms with Crippen LogP contribution in [0.5, 0.6) is 0 Å². The molecular formula is C23H42IN5. The zero-order chi connectivity index (χ0) is 20.4. The molecule has 1 atom stereocenters. The average Bonchev–Trinajstić information content (AvgIpc) is 2.72. The number of benzene rings is 1. The molecule has 1 heterocycles. The molecule has 1 aliphatic rings. The van der Waals surface area contributed by atoms with Crippen LogP contribution in [0.4, 0.5) is 0 Å². The van der Waals surface area contributed by atoms with Gasteiger partial charge in [0.25, 0.3) is 0 Å². The van der Waals surface area contributed by atoms with E-state index in [9.17, 15) is 0 Å². The van der Waals surface area contributed by atoms with Crippen LogP contribution in [0.25, 0.3) is 0 Å². The number of nitrogens with one attached hydrogen (secondary N) is 2. The van der Waals surface area contributed by atoms with E-state index in [1.807, 2.05) is 7.05 Å². The maximum Gasteiger partial charge on any atom is 0.191 e. The Morgan fingerprint density at radius 2 is 1.76 bits per heavy atom. The molecule has 6 heteroatoms. The van der Waals surface area contributed by atoms with Crippen molar-refractivity contribution < 1.29 is 0 Å². The molecule has 29 heavy (non-hydrogen) atoms. The molecule has 2 rings (SSSR count). The third-order valence-electron chi connectivity index (χ3n) is 5.97. The molecule has 5 nitrogen and oxygen atoms in total. The minimum atomic E-state index is 0. The van der Waals surface area contributed by atoms with Crippen LogP contribution in [-0.4, -0.2) is 73.7 Å². The van der Waals surface area contributed by atoms with Gasteiger partial charge < -0.3 is 15.5 Å². The minimum Gasteiger partial charge on any atom is -0.355 e. The fourth-order valence-corrected chi connectivity index (χ4v) is 4.12. The number of piperidine rings is 1. The number of rotatable bonds is 9. The third-order valence-corrected chi connectivity index (χ3v) is 5.97. The molecular weight excluding hydrogens is 473 g/mol. The van der Waals surface area contributed by atoms with Gasteiger partial charge in [0.15, 0.2) is 5.96 Å². The van der Waals surface area contributed by atoms with E-state index in [-0.39, 0.29) is 24.0 Å². The van der Waals surface area contributed by atoms with Crippen LogP contribution in [0, 0.1) is 0 Å². The number of hydrogen-bond donors (Lipinski definition) is 2. The van der Waals surface area contributed by atoms with Crippen molar-refractivity contribution in [3.05, 3.63) is 35.9 Å². The summed E-state index contributed by atoms with van der Waals surface area (Å²) in [5, 5.41) is 7.26. The Morgan fingerprint density at radius 3 is 2.28 bits per heavy atom. The summed E-state index contributed by atoms with van der Waals surface area (Å²) >= 11 is 0. The molecule has 0 bridgehead atoms. The Morgan fingerprint density at radius 1 is 1.14 bits per heavy atom. The predicted molar refractivity (Wildman–Crippen MR) is 136 cm³/mol. The maximum atomic E-state index is 4.49. The normalized spacial score (nSPS) is 17.3. The standard InChI is InChI=1S/C23H41N5.HI/c1-6-27(7-2)22(17-20-11-9-8-10-12-20)18-25-23(24-5)26-21-13-15-28(16-14-21)19(3)4;/h8-12,19,21-22H,6-7,13-18H2,1-5H3,(H2,24,25,26);1H. The van der Waals surface area contributed by atoms with E-state index >= 15 is 0 Å². The minimum absolute atomic E-state index is 0. The van der Waals surface area contributed by atoms with E-state index in [4.69, 9.17) is 0 Å². The van der Waals surface area contributed by atoms with Crippen LogP contribution in [0.2, 0.25) is 0 Å². The second-order valence-electron chi connectivity index (χ2n) is 8.07. The van der Waals surface area contributed by atoms with E-state index < -0.39 is 0 Å². The number of halogens is 1. The van der Waals surface area contributed by atoms with Gasteiger partial charge in [-0.3, -0.25) is 9.89 Å². The molecule has 1 aliphatic heterocycles. The highest BCUT2D eigenvalue weighted by Crippen LogP contribution is 2.13. The second-order valence-corrected chi connectivity index (χ2v) is 8.07. The first kappa shape index (κ1) is 26.2. The van der Waals surface area contributed by atoms with Gasteiger partial charge in [-0.25, -0.2) is 0 Å². The first-order valence-electron chi connectivity index (χ1n) is 11.1. The van der Waals surface area contributed by atoms with Gasteiger partial charge in [0.2, 0.25) is 0 Å². The smallest absolute Gasteiger partial charge is 0.191 e. The maximum absolute atomic E-state index is 4.49. The summed E-state index contributed by atoms with van der Waals surface area (Å²) in [4.78, 5) is 9.58. The Labute approximate surface area is 195 Å². The molecule has 1 saturated heterocycles. The van der Waals surface area contributed by atoms with Gasteiger partial charge in [-0.15, -0.1) is 24.0 Å². The molecule has 0 saturated carbocycles. The number of likely N-dealkylation sites (N-methyl/N-ethyl adjacent to an activating group) is 1. The lowest BCUT2D eigenvalue weighted by molar-refractivity contribution is 0.167. The van der Waals surface area contributed by atoms with Crippen molar-refractivity contribution in [3.8, 4) is 0 Å². The van der Waals surface area contributed by atoms with Crippen LogP contribution >= 0.6 is 24.0 Å². The zero-order valence-corrected chi connectivity index (χ0v) is 21.4. The van der Waals surface area contributed by atoms with Gasteiger partial charge in [-0.1, -0.05) is 44.2 Å². The first-order valence-corrected chi connectivity index (χ1v) is 11.1. The van der Waals surface area contributed by atoms with Gasteiger partial charge in [0.05, 0.1) is 0 Å². The van der Waals surface area contributed by atoms with Crippen LogP contribution in [-0.2, 0) is 6.42 Å².